The molecule has 1 aromatic carbocycles. The van der Waals surface area contributed by atoms with Crippen LogP contribution < -0.4 is 10.9 Å². The van der Waals surface area contributed by atoms with Crippen molar-refractivity contribution < 1.29 is 4.74 Å². The fourth-order valence-electron chi connectivity index (χ4n) is 2.44. The van der Waals surface area contributed by atoms with E-state index in [1.165, 1.54) is 12.8 Å². The lowest BCUT2D eigenvalue weighted by Crippen LogP contribution is -2.20. The number of nitrogens with zero attached hydrogens (tertiary/aromatic N) is 1. The molecule has 1 aromatic heterocycles. The number of pyridine rings is 1. The number of benzene rings is 1. The number of methoxy groups -OCH3 is 1. The predicted molar refractivity (Wildman–Crippen MR) is 81.3 cm³/mol. The van der Waals surface area contributed by atoms with Crippen molar-refractivity contribution in [1.29, 1.82) is 0 Å². The molecular weight excluding hydrogens is 252 g/mol. The third-order valence-electron chi connectivity index (χ3n) is 3.67. The Bertz CT molecular complexity index is 659. The molecule has 1 N–H and O–H groups in total. The molecule has 0 unspecified atom stereocenters. The summed E-state index contributed by atoms with van der Waals surface area (Å²) in [6.45, 7) is 1.36. The van der Waals surface area contributed by atoms with Crippen LogP contribution in [0.2, 0.25) is 0 Å². The molecule has 1 heterocycles. The van der Waals surface area contributed by atoms with Gasteiger partial charge in [-0.05, 0) is 42.8 Å². The van der Waals surface area contributed by atoms with Gasteiger partial charge in [0.15, 0.2) is 0 Å². The van der Waals surface area contributed by atoms with Crippen LogP contribution in [0.15, 0.2) is 35.1 Å². The second-order valence-electron chi connectivity index (χ2n) is 5.36. The number of hydrogen-bond donors (Lipinski definition) is 1. The molecule has 0 radical (unpaired) electrons. The summed E-state index contributed by atoms with van der Waals surface area (Å²) < 4.78 is 6.91. The normalized spacial score (nSPS) is 14.7. The average Bonchev–Trinajstić information content (AvgIpc) is 3.25. The fraction of sp³-hybridized carbons (Fsp3) is 0.438. The third-order valence-corrected chi connectivity index (χ3v) is 3.67. The van der Waals surface area contributed by atoms with Crippen molar-refractivity contribution in [2.24, 2.45) is 0 Å². The van der Waals surface area contributed by atoms with Gasteiger partial charge in [0.2, 0.25) is 0 Å². The number of nitrogens with one attached hydrogen (secondary N) is 1. The van der Waals surface area contributed by atoms with E-state index in [0.29, 0.717) is 19.2 Å². The van der Waals surface area contributed by atoms with Crippen molar-refractivity contribution in [2.45, 2.75) is 31.8 Å². The zero-order chi connectivity index (χ0) is 13.9. The molecule has 4 heteroatoms. The molecule has 1 aliphatic rings. The van der Waals surface area contributed by atoms with Gasteiger partial charge in [-0.3, -0.25) is 4.79 Å². The SMILES string of the molecule is COCCCn1c(=O)ccc2ccc(NC3CC3)cc21. The molecule has 20 heavy (non-hydrogen) atoms. The highest BCUT2D eigenvalue weighted by Crippen LogP contribution is 2.26. The van der Waals surface area contributed by atoms with Gasteiger partial charge in [-0.2, -0.15) is 0 Å². The average molecular weight is 272 g/mol. The molecule has 3 rings (SSSR count). The highest BCUT2D eigenvalue weighted by atomic mass is 16.5. The summed E-state index contributed by atoms with van der Waals surface area (Å²) in [6.07, 6.45) is 3.33. The van der Waals surface area contributed by atoms with Gasteiger partial charge in [0.25, 0.3) is 5.56 Å². The molecule has 0 atom stereocenters. The number of ether oxygens (including phenoxy) is 1. The van der Waals surface area contributed by atoms with Crippen molar-refractivity contribution in [1.82, 2.24) is 4.57 Å². The van der Waals surface area contributed by atoms with Gasteiger partial charge in [0, 0.05) is 38.1 Å². The van der Waals surface area contributed by atoms with Gasteiger partial charge in [-0.25, -0.2) is 0 Å². The van der Waals surface area contributed by atoms with E-state index in [4.69, 9.17) is 4.74 Å². The van der Waals surface area contributed by atoms with Gasteiger partial charge in [-0.1, -0.05) is 6.07 Å². The van der Waals surface area contributed by atoms with E-state index in [9.17, 15) is 4.79 Å². The highest BCUT2D eigenvalue weighted by Gasteiger charge is 2.20. The molecule has 4 nitrogen and oxygen atoms in total. The zero-order valence-electron chi connectivity index (χ0n) is 11.8. The second-order valence-corrected chi connectivity index (χ2v) is 5.36. The Morgan fingerprint density at radius 3 is 2.85 bits per heavy atom. The van der Waals surface area contributed by atoms with Crippen LogP contribution in [0.1, 0.15) is 19.3 Å². The van der Waals surface area contributed by atoms with Gasteiger partial charge in [0.05, 0.1) is 5.52 Å². The third kappa shape index (κ3) is 2.85. The van der Waals surface area contributed by atoms with Crippen LogP contribution >= 0.6 is 0 Å². The van der Waals surface area contributed by atoms with Crippen molar-refractivity contribution in [3.8, 4) is 0 Å². The van der Waals surface area contributed by atoms with Gasteiger partial charge in [0.1, 0.15) is 0 Å². The highest BCUT2D eigenvalue weighted by molar-refractivity contribution is 5.82. The summed E-state index contributed by atoms with van der Waals surface area (Å²) in [7, 11) is 1.68. The van der Waals surface area contributed by atoms with Gasteiger partial charge >= 0.3 is 0 Å². The lowest BCUT2D eigenvalue weighted by Gasteiger charge is -2.12. The predicted octanol–water partition coefficient (Wildman–Crippen LogP) is 2.61. The van der Waals surface area contributed by atoms with Crippen LogP contribution in [0, 0.1) is 0 Å². The number of aromatic nitrogens is 1. The maximum Gasteiger partial charge on any atom is 0.251 e. The smallest absolute Gasteiger partial charge is 0.251 e. The Morgan fingerprint density at radius 1 is 1.30 bits per heavy atom. The van der Waals surface area contributed by atoms with Crippen LogP contribution in [-0.2, 0) is 11.3 Å². The van der Waals surface area contributed by atoms with Gasteiger partial charge < -0.3 is 14.6 Å². The quantitative estimate of drug-likeness (QED) is 0.822. The standard InChI is InChI=1S/C16H20N2O2/c1-20-10-2-9-18-15-11-14(17-13-6-7-13)5-3-12(15)4-8-16(18)19/h3-5,8,11,13,17H,2,6-7,9-10H2,1H3. The lowest BCUT2D eigenvalue weighted by molar-refractivity contribution is 0.190. The maximum atomic E-state index is 12.1. The Labute approximate surface area is 118 Å². The first-order valence-corrected chi connectivity index (χ1v) is 7.17. The molecule has 0 spiro atoms. The molecule has 0 amide bonds. The van der Waals surface area contributed by atoms with E-state index in [0.717, 1.165) is 23.0 Å². The first-order valence-electron chi connectivity index (χ1n) is 7.17. The van der Waals surface area contributed by atoms with Crippen LogP contribution in [-0.4, -0.2) is 24.3 Å². The van der Waals surface area contributed by atoms with E-state index in [-0.39, 0.29) is 5.56 Å². The molecule has 106 valence electrons. The molecular formula is C16H20N2O2. The minimum atomic E-state index is 0.0529. The fourth-order valence-corrected chi connectivity index (χ4v) is 2.44. The van der Waals surface area contributed by atoms with Crippen molar-refractivity contribution in [2.75, 3.05) is 19.0 Å². The summed E-state index contributed by atoms with van der Waals surface area (Å²) in [6, 6.07) is 10.4. The number of anilines is 1. The van der Waals surface area contributed by atoms with Crippen LogP contribution in [0.3, 0.4) is 0 Å². The van der Waals surface area contributed by atoms with Crippen molar-refractivity contribution >= 4 is 16.6 Å². The van der Waals surface area contributed by atoms with Crippen molar-refractivity contribution in [3.63, 3.8) is 0 Å². The minimum absolute atomic E-state index is 0.0529. The molecule has 0 aliphatic heterocycles. The van der Waals surface area contributed by atoms with E-state index in [2.05, 4.69) is 23.5 Å². The first kappa shape index (κ1) is 13.2. The summed E-state index contributed by atoms with van der Waals surface area (Å²) in [5, 5.41) is 4.58. The summed E-state index contributed by atoms with van der Waals surface area (Å²) in [5.41, 5.74) is 2.16. The Hall–Kier alpha value is -1.81. The second kappa shape index (κ2) is 5.67. The number of aryl methyl sites for hydroxylation is 1. The molecule has 1 aliphatic carbocycles. The van der Waals surface area contributed by atoms with Gasteiger partial charge in [-0.15, -0.1) is 0 Å². The minimum Gasteiger partial charge on any atom is -0.385 e. The Kier molecular flexibility index (Phi) is 3.74. The number of rotatable bonds is 6. The first-order chi connectivity index (χ1) is 9.78. The molecule has 2 aromatic rings. The Balaban J connectivity index is 1.95. The monoisotopic (exact) mass is 272 g/mol. The Morgan fingerprint density at radius 2 is 2.10 bits per heavy atom. The topological polar surface area (TPSA) is 43.3 Å². The molecule has 1 fully saturated rings. The maximum absolute atomic E-state index is 12.1. The van der Waals surface area contributed by atoms with Crippen LogP contribution in [0.5, 0.6) is 0 Å². The largest absolute Gasteiger partial charge is 0.385 e. The molecule has 1 saturated carbocycles. The van der Waals surface area contributed by atoms with Crippen LogP contribution in [0.25, 0.3) is 10.9 Å². The number of hydrogen-bond acceptors (Lipinski definition) is 3. The lowest BCUT2D eigenvalue weighted by atomic mass is 10.2. The van der Waals surface area contributed by atoms with Crippen LogP contribution in [0.4, 0.5) is 5.69 Å². The molecule has 0 saturated heterocycles. The molecule has 0 bridgehead atoms. The summed E-state index contributed by atoms with van der Waals surface area (Å²) in [5.74, 6) is 0. The van der Waals surface area contributed by atoms with E-state index < -0.39 is 0 Å². The van der Waals surface area contributed by atoms with E-state index in [1.54, 1.807) is 13.2 Å². The van der Waals surface area contributed by atoms with E-state index in [1.807, 2.05) is 10.6 Å². The number of fused-ring (bicyclic) bond motifs is 1. The van der Waals surface area contributed by atoms with Crippen molar-refractivity contribution in [3.05, 3.63) is 40.7 Å². The summed E-state index contributed by atoms with van der Waals surface area (Å²) in [4.78, 5) is 12.1. The zero-order valence-corrected chi connectivity index (χ0v) is 11.8. The van der Waals surface area contributed by atoms with E-state index >= 15 is 0 Å². The summed E-state index contributed by atoms with van der Waals surface area (Å²) >= 11 is 0.